The van der Waals surface area contributed by atoms with Crippen LogP contribution in [0.25, 0.3) is 0 Å². The van der Waals surface area contributed by atoms with Crippen molar-refractivity contribution < 1.29 is 22.3 Å². The maximum atomic E-state index is 13.1. The second-order valence-electron chi connectivity index (χ2n) is 6.54. The van der Waals surface area contributed by atoms with Crippen LogP contribution in [0.15, 0.2) is 29.4 Å². The minimum Gasteiger partial charge on any atom is -0.467 e. The number of hydrogen-bond donors (Lipinski definition) is 0. The molecule has 1 aliphatic rings. The van der Waals surface area contributed by atoms with E-state index >= 15 is 0 Å². The molecule has 1 aliphatic heterocycles. The highest BCUT2D eigenvalue weighted by atomic mass is 32.2. The monoisotopic (exact) mass is 426 g/mol. The summed E-state index contributed by atoms with van der Waals surface area (Å²) in [5.41, 5.74) is 0.931. The second kappa shape index (κ2) is 8.86. The van der Waals surface area contributed by atoms with Gasteiger partial charge < -0.3 is 9.64 Å². The molecule has 0 aliphatic carbocycles. The zero-order chi connectivity index (χ0) is 21.0. The summed E-state index contributed by atoms with van der Waals surface area (Å²) >= 11 is 1.16. The van der Waals surface area contributed by atoms with Crippen LogP contribution in [0, 0.1) is 17.1 Å². The topological polar surface area (TPSA) is 62.0 Å². The van der Waals surface area contributed by atoms with Crippen molar-refractivity contribution in [2.75, 3.05) is 30.9 Å². The molecule has 1 fully saturated rings. The van der Waals surface area contributed by atoms with Gasteiger partial charge in [-0.15, -0.1) is 0 Å². The molecule has 0 N–H and O–H groups in total. The van der Waals surface area contributed by atoms with E-state index < -0.39 is 12.8 Å². The molecule has 0 radical (unpaired) electrons. The van der Waals surface area contributed by atoms with E-state index in [1.54, 1.807) is 18.4 Å². The van der Waals surface area contributed by atoms with Crippen LogP contribution < -0.4 is 9.64 Å². The smallest absolute Gasteiger partial charge is 0.422 e. The molecule has 10 heteroatoms. The fourth-order valence-electron chi connectivity index (χ4n) is 3.24. The number of alkyl halides is 3. The molecule has 1 aromatic carbocycles. The Labute approximate surface area is 169 Å². The number of benzene rings is 1. The Balaban J connectivity index is 1.81. The number of anilines is 1. The number of piperidine rings is 1. The number of thioether (sulfide) groups is 1. The lowest BCUT2D eigenvalue weighted by atomic mass is 9.89. The van der Waals surface area contributed by atoms with E-state index in [2.05, 4.69) is 9.97 Å². The highest BCUT2D eigenvalue weighted by molar-refractivity contribution is 7.98. The van der Waals surface area contributed by atoms with Gasteiger partial charge in [-0.25, -0.2) is 9.37 Å². The number of hydrogen-bond acceptors (Lipinski definition) is 6. The third-order valence-electron chi connectivity index (χ3n) is 4.64. The Morgan fingerprint density at radius 2 is 1.86 bits per heavy atom. The zero-order valence-electron chi connectivity index (χ0n) is 15.5. The molecule has 1 saturated heterocycles. The largest absolute Gasteiger partial charge is 0.467 e. The molecular formula is C19H18F4N4OS. The summed E-state index contributed by atoms with van der Waals surface area (Å²) in [5, 5.41) is 9.75. The van der Waals surface area contributed by atoms with Crippen molar-refractivity contribution in [2.45, 2.75) is 30.1 Å². The minimum atomic E-state index is -4.54. The van der Waals surface area contributed by atoms with Gasteiger partial charge in [0.05, 0.1) is 0 Å². The molecule has 0 bridgehead atoms. The first-order valence-corrected chi connectivity index (χ1v) is 10.1. The van der Waals surface area contributed by atoms with Crippen molar-refractivity contribution in [1.29, 1.82) is 5.26 Å². The molecule has 2 aromatic rings. The van der Waals surface area contributed by atoms with Gasteiger partial charge in [-0.1, -0.05) is 23.9 Å². The average molecular weight is 426 g/mol. The summed E-state index contributed by atoms with van der Waals surface area (Å²) in [5.74, 6) is -0.136. The first kappa shape index (κ1) is 21.2. The summed E-state index contributed by atoms with van der Waals surface area (Å²) in [6.45, 7) is -0.418. The van der Waals surface area contributed by atoms with E-state index in [4.69, 9.17) is 4.74 Å². The standard InChI is InChI=1S/C19H18F4N4OS/c1-29-18-25-16(15(10-24)17(26-18)28-11-19(21,22)23)27-8-6-13(7-9-27)12-2-4-14(20)5-3-12/h2-5,13H,6-9,11H2,1H3. The maximum Gasteiger partial charge on any atom is 0.422 e. The lowest BCUT2D eigenvalue weighted by Gasteiger charge is -2.33. The summed E-state index contributed by atoms with van der Waals surface area (Å²) in [6, 6.07) is 8.26. The molecule has 0 amide bonds. The van der Waals surface area contributed by atoms with E-state index in [9.17, 15) is 22.8 Å². The number of nitrogens with zero attached hydrogens (tertiary/aromatic N) is 4. The predicted octanol–water partition coefficient (Wildman–Crippen LogP) is 4.53. The van der Waals surface area contributed by atoms with Crippen LogP contribution in [0.3, 0.4) is 0 Å². The fourth-order valence-corrected chi connectivity index (χ4v) is 3.59. The summed E-state index contributed by atoms with van der Waals surface area (Å²) in [7, 11) is 0. The number of ether oxygens (including phenoxy) is 1. The van der Waals surface area contributed by atoms with Crippen molar-refractivity contribution in [1.82, 2.24) is 9.97 Å². The molecule has 0 unspecified atom stereocenters. The van der Waals surface area contributed by atoms with E-state index in [1.165, 1.54) is 12.1 Å². The van der Waals surface area contributed by atoms with E-state index in [-0.39, 0.29) is 34.2 Å². The van der Waals surface area contributed by atoms with Crippen molar-refractivity contribution >= 4 is 17.6 Å². The SMILES string of the molecule is CSc1nc(OCC(F)(F)F)c(C#N)c(N2CCC(c3ccc(F)cc3)CC2)n1. The van der Waals surface area contributed by atoms with E-state index in [0.29, 0.717) is 13.1 Å². The lowest BCUT2D eigenvalue weighted by molar-refractivity contribution is -0.154. The van der Waals surface area contributed by atoms with Crippen molar-refractivity contribution in [3.63, 3.8) is 0 Å². The normalized spacial score (nSPS) is 15.2. The van der Waals surface area contributed by atoms with Gasteiger partial charge in [-0.05, 0) is 42.7 Å². The van der Waals surface area contributed by atoms with Crippen molar-refractivity contribution in [3.8, 4) is 11.9 Å². The predicted molar refractivity (Wildman–Crippen MR) is 101 cm³/mol. The highest BCUT2D eigenvalue weighted by Gasteiger charge is 2.31. The van der Waals surface area contributed by atoms with E-state index in [1.807, 2.05) is 11.0 Å². The minimum absolute atomic E-state index is 0.104. The third-order valence-corrected chi connectivity index (χ3v) is 5.19. The number of aromatic nitrogens is 2. The van der Waals surface area contributed by atoms with Gasteiger partial charge in [0.1, 0.15) is 11.9 Å². The van der Waals surface area contributed by atoms with Crippen LogP contribution in [0.5, 0.6) is 5.88 Å². The van der Waals surface area contributed by atoms with Crippen molar-refractivity contribution in [3.05, 3.63) is 41.2 Å². The Kier molecular flexibility index (Phi) is 6.47. The Morgan fingerprint density at radius 1 is 1.21 bits per heavy atom. The van der Waals surface area contributed by atoms with Gasteiger partial charge >= 0.3 is 6.18 Å². The Bertz CT molecular complexity index is 891. The molecular weight excluding hydrogens is 408 g/mol. The van der Waals surface area contributed by atoms with Gasteiger partial charge in [0.2, 0.25) is 5.88 Å². The molecule has 0 saturated carbocycles. The Morgan fingerprint density at radius 3 is 2.41 bits per heavy atom. The van der Waals surface area contributed by atoms with Gasteiger partial charge in [0.25, 0.3) is 0 Å². The molecule has 5 nitrogen and oxygen atoms in total. The van der Waals surface area contributed by atoms with Crippen LogP contribution in [-0.2, 0) is 0 Å². The molecule has 0 spiro atoms. The highest BCUT2D eigenvalue weighted by Crippen LogP contribution is 2.34. The van der Waals surface area contributed by atoms with Gasteiger partial charge in [0.15, 0.2) is 23.1 Å². The maximum absolute atomic E-state index is 13.1. The fraction of sp³-hybridized carbons (Fsp3) is 0.421. The number of nitriles is 1. The molecule has 0 atom stereocenters. The lowest BCUT2D eigenvalue weighted by Crippen LogP contribution is -2.34. The summed E-state index contributed by atoms with van der Waals surface area (Å²) in [6.07, 6.45) is -1.36. The van der Waals surface area contributed by atoms with Gasteiger partial charge in [0, 0.05) is 13.1 Å². The first-order valence-electron chi connectivity index (χ1n) is 8.87. The summed E-state index contributed by atoms with van der Waals surface area (Å²) < 4.78 is 55.6. The van der Waals surface area contributed by atoms with Gasteiger partial charge in [-0.2, -0.15) is 23.4 Å². The Hall–Kier alpha value is -2.54. The molecule has 29 heavy (non-hydrogen) atoms. The van der Waals surface area contributed by atoms with Crippen LogP contribution >= 0.6 is 11.8 Å². The van der Waals surface area contributed by atoms with Crippen LogP contribution in [0.2, 0.25) is 0 Å². The van der Waals surface area contributed by atoms with Crippen LogP contribution in [0.1, 0.15) is 29.9 Å². The summed E-state index contributed by atoms with van der Waals surface area (Å²) in [4.78, 5) is 10.1. The van der Waals surface area contributed by atoms with E-state index in [0.717, 1.165) is 30.2 Å². The molecule has 1 aromatic heterocycles. The first-order chi connectivity index (χ1) is 13.8. The average Bonchev–Trinajstić information content (AvgIpc) is 2.71. The van der Waals surface area contributed by atoms with Crippen LogP contribution in [-0.4, -0.2) is 42.1 Å². The number of rotatable bonds is 5. The molecule has 2 heterocycles. The molecule has 154 valence electrons. The van der Waals surface area contributed by atoms with Crippen molar-refractivity contribution in [2.24, 2.45) is 0 Å². The van der Waals surface area contributed by atoms with Gasteiger partial charge in [-0.3, -0.25) is 0 Å². The number of halogens is 4. The second-order valence-corrected chi connectivity index (χ2v) is 7.32. The molecule has 3 rings (SSSR count). The van der Waals surface area contributed by atoms with Crippen LogP contribution in [0.4, 0.5) is 23.4 Å². The third kappa shape index (κ3) is 5.29. The quantitative estimate of drug-likeness (QED) is 0.398. The zero-order valence-corrected chi connectivity index (χ0v) is 16.4.